The lowest BCUT2D eigenvalue weighted by molar-refractivity contribution is -0.145. The molecule has 478 valence electrons. The van der Waals surface area contributed by atoms with Crippen LogP contribution < -0.4 is 37.1 Å². The molecule has 0 saturated carbocycles. The highest BCUT2D eigenvalue weighted by molar-refractivity contribution is 5.97. The molecule has 0 spiro atoms. The number of para-hydroxylation sites is 1. The van der Waals surface area contributed by atoms with Crippen LogP contribution in [-0.4, -0.2) is 123 Å². The average molecular weight is 1230 g/mol. The van der Waals surface area contributed by atoms with Gasteiger partial charge in [0.1, 0.15) is 46.7 Å². The van der Waals surface area contributed by atoms with Gasteiger partial charge in [-0.1, -0.05) is 135 Å². The van der Waals surface area contributed by atoms with E-state index in [0.717, 1.165) is 16.7 Å². The highest BCUT2D eigenvalue weighted by atomic mass is 16.6. The molecule has 0 aliphatic rings. The summed E-state index contributed by atoms with van der Waals surface area (Å²) < 4.78 is 26.2. The fourth-order valence-corrected chi connectivity index (χ4v) is 10.5. The molecule has 0 aliphatic carbocycles. The maximum absolute atomic E-state index is 15.2. The van der Waals surface area contributed by atoms with Gasteiger partial charge in [-0.05, 0) is 121 Å². The van der Waals surface area contributed by atoms with E-state index in [-0.39, 0.29) is 31.6 Å². The summed E-state index contributed by atoms with van der Waals surface area (Å²) in [7, 11) is 1.22. The number of nitrogens with one attached hydrogen (secondary N) is 5. The van der Waals surface area contributed by atoms with E-state index < -0.39 is 107 Å². The predicted molar refractivity (Wildman–Crippen MR) is 344 cm³/mol. The molecule has 0 radical (unpaired) electrons. The van der Waals surface area contributed by atoms with Gasteiger partial charge in [-0.15, -0.1) is 0 Å². The molecule has 2 aromatic heterocycles. The van der Waals surface area contributed by atoms with Crippen molar-refractivity contribution in [2.24, 2.45) is 11.7 Å². The van der Waals surface area contributed by atoms with Crippen LogP contribution in [0.15, 0.2) is 158 Å². The molecule has 0 unspecified atom stereocenters. The number of fused-ring (bicyclic) bond motifs is 1. The molecule has 7 aromatic rings. The van der Waals surface area contributed by atoms with Crippen molar-refractivity contribution in [3.05, 3.63) is 192 Å². The first-order valence-corrected chi connectivity index (χ1v) is 30.3. The second-order valence-corrected chi connectivity index (χ2v) is 25.8. The van der Waals surface area contributed by atoms with E-state index in [9.17, 15) is 28.8 Å². The van der Waals surface area contributed by atoms with Crippen LogP contribution in [0.1, 0.15) is 116 Å². The largest absolute Gasteiger partial charge is 0.488 e. The summed E-state index contributed by atoms with van der Waals surface area (Å²) >= 11 is 0. The number of ether oxygens (including phenoxy) is 4. The minimum absolute atomic E-state index is 0.0187. The van der Waals surface area contributed by atoms with E-state index in [2.05, 4.69) is 63.0 Å². The summed E-state index contributed by atoms with van der Waals surface area (Å²) in [5.74, 6) is -3.90. The monoisotopic (exact) mass is 1230 g/mol. The van der Waals surface area contributed by atoms with E-state index in [1.807, 2.05) is 100.0 Å². The van der Waals surface area contributed by atoms with Crippen LogP contribution in [0.25, 0.3) is 10.9 Å². The molecule has 20 heteroatoms. The minimum Gasteiger partial charge on any atom is -0.488 e. The number of benzene rings is 5. The number of amides is 5. The summed E-state index contributed by atoms with van der Waals surface area (Å²) in [5.41, 5.74) is 8.63. The fraction of sp³-hybridized carbons (Fsp3) is 0.400. The Labute approximate surface area is 527 Å². The number of carbonyl (C=O) groups excluding carboxylic acids is 7. The Morgan fingerprint density at radius 2 is 1.10 bits per heavy atom. The third-order valence-electron chi connectivity index (χ3n) is 14.5. The molecule has 20 nitrogen and oxygen atoms in total. The van der Waals surface area contributed by atoms with Gasteiger partial charge in [0.2, 0.25) is 29.5 Å². The van der Waals surface area contributed by atoms with Gasteiger partial charge >= 0.3 is 12.1 Å². The van der Waals surface area contributed by atoms with Crippen molar-refractivity contribution in [1.82, 2.24) is 40.7 Å². The van der Waals surface area contributed by atoms with Crippen LogP contribution in [0.5, 0.6) is 5.75 Å². The molecule has 0 aliphatic heterocycles. The van der Waals surface area contributed by atoms with Gasteiger partial charge in [-0.3, -0.25) is 28.5 Å². The van der Waals surface area contributed by atoms with Gasteiger partial charge in [0.05, 0.1) is 49.4 Å². The Balaban J connectivity index is 1.21. The van der Waals surface area contributed by atoms with Crippen LogP contribution in [0.4, 0.5) is 4.79 Å². The third kappa shape index (κ3) is 18.7. The molecule has 5 atom stereocenters. The van der Waals surface area contributed by atoms with E-state index in [1.54, 1.807) is 103 Å². The van der Waals surface area contributed by atoms with E-state index in [0.29, 0.717) is 33.5 Å². The van der Waals surface area contributed by atoms with Gasteiger partial charge in [-0.2, -0.15) is 0 Å². The van der Waals surface area contributed by atoms with Crippen molar-refractivity contribution in [2.75, 3.05) is 20.3 Å². The topological polar surface area (TPSA) is 265 Å². The number of hydrogen-bond acceptors (Lipinski definition) is 13. The Kier molecular flexibility index (Phi) is 22.7. The van der Waals surface area contributed by atoms with Crippen molar-refractivity contribution in [3.63, 3.8) is 0 Å². The number of nitrogens with two attached hydrogens (primary N) is 1. The van der Waals surface area contributed by atoms with Crippen LogP contribution in [0, 0.1) is 5.92 Å². The van der Waals surface area contributed by atoms with E-state index >= 15 is 4.79 Å². The summed E-state index contributed by atoms with van der Waals surface area (Å²) in [6.45, 7) is 19.1. The SMILES string of the molecule is COC(=O)[C@H](CC(C)C)NC(=O)CNC(=O)[C@H](Cc1ccc(OC(C)(C)C)cc1)NC(=O)[C@H](COC(C)(C)C)NC(=O)[C@H](Cc1cn(C(=O)OC(C)(C)C)c2ccccc12)NC(=O)[C@@H](N)Cc1cn(C(c2ccccc2)(c2ccccc2)c2ccccc2)cn1. The van der Waals surface area contributed by atoms with E-state index in [4.69, 9.17) is 29.7 Å². The second kappa shape index (κ2) is 29.9. The highest BCUT2D eigenvalue weighted by Gasteiger charge is 2.39. The maximum atomic E-state index is 15.2. The fourth-order valence-electron chi connectivity index (χ4n) is 10.5. The first-order valence-electron chi connectivity index (χ1n) is 30.3. The first-order chi connectivity index (χ1) is 42.5. The van der Waals surface area contributed by atoms with Crippen LogP contribution in [0.3, 0.4) is 0 Å². The zero-order valence-electron chi connectivity index (χ0n) is 53.6. The molecule has 5 aromatic carbocycles. The third-order valence-corrected chi connectivity index (χ3v) is 14.5. The van der Waals surface area contributed by atoms with Gasteiger partial charge < -0.3 is 55.8 Å². The number of esters is 1. The first kappa shape index (κ1) is 68.4. The van der Waals surface area contributed by atoms with Crippen LogP contribution in [0.2, 0.25) is 0 Å². The molecule has 0 saturated heterocycles. The van der Waals surface area contributed by atoms with Crippen LogP contribution >= 0.6 is 0 Å². The molecule has 5 amide bonds. The molecular weight excluding hydrogens is 1140 g/mol. The maximum Gasteiger partial charge on any atom is 0.419 e. The number of aromatic nitrogens is 3. The molecular formula is C70H87N9O11. The zero-order chi connectivity index (χ0) is 65.6. The molecule has 0 fully saturated rings. The van der Waals surface area contributed by atoms with Crippen molar-refractivity contribution in [1.29, 1.82) is 0 Å². The van der Waals surface area contributed by atoms with E-state index in [1.165, 1.54) is 11.7 Å². The standard InChI is InChI=1S/C70H87N9O11/c1-45(2)36-57(65(85)87-12)74-60(80)40-72-62(82)55(37-46-32-34-52(35-33-46)89-68(6,7)8)76-64(84)58(43-88-67(3,4)5)77-63(83)56(38-47-41-79(66(86)90-69(9,10)11)59-31-23-22-30-53(47)59)75-61(81)54(71)39-51-42-78(44-73-51)70(48-24-16-13-17-25-48,49-26-18-14-19-27-49)50-28-20-15-21-29-50/h13-35,41-42,44-45,54-58H,36-40,43,71H2,1-12H3,(H,72,82)(H,74,80)(H,75,81)(H,76,84)(H,77,83)/t54-,55-,56-,57-,58-/m0/s1. The van der Waals surface area contributed by atoms with Crippen molar-refractivity contribution in [2.45, 2.75) is 154 Å². The average Bonchev–Trinajstić information content (AvgIpc) is 1.19. The van der Waals surface area contributed by atoms with Crippen molar-refractivity contribution in [3.8, 4) is 5.75 Å². The quantitative estimate of drug-likeness (QED) is 0.0221. The number of carbonyl (C=O) groups is 7. The number of imidazole rings is 1. The van der Waals surface area contributed by atoms with Crippen molar-refractivity contribution < 1.29 is 52.5 Å². The summed E-state index contributed by atoms with van der Waals surface area (Å²) in [6.07, 6.45) is 4.37. The summed E-state index contributed by atoms with van der Waals surface area (Å²) in [4.78, 5) is 104. The zero-order valence-corrected chi connectivity index (χ0v) is 53.6. The second-order valence-electron chi connectivity index (χ2n) is 25.8. The number of methoxy groups -OCH3 is 1. The number of rotatable bonds is 26. The lowest BCUT2D eigenvalue weighted by Gasteiger charge is -2.37. The normalized spacial score (nSPS) is 13.7. The summed E-state index contributed by atoms with van der Waals surface area (Å²) in [5, 5.41) is 14.3. The molecule has 7 rings (SSSR count). The highest BCUT2D eigenvalue weighted by Crippen LogP contribution is 2.41. The lowest BCUT2D eigenvalue weighted by Crippen LogP contribution is -2.60. The van der Waals surface area contributed by atoms with Gasteiger partial charge in [0.25, 0.3) is 0 Å². The number of nitrogens with zero attached hydrogens (tertiary/aromatic N) is 3. The molecule has 0 bridgehead atoms. The summed E-state index contributed by atoms with van der Waals surface area (Å²) in [6, 6.07) is 37.5. The lowest BCUT2D eigenvalue weighted by atomic mass is 9.77. The van der Waals surface area contributed by atoms with Gasteiger partial charge in [0.15, 0.2) is 0 Å². The smallest absolute Gasteiger partial charge is 0.419 e. The Morgan fingerprint density at radius 1 is 0.567 bits per heavy atom. The number of hydrogen-bond donors (Lipinski definition) is 6. The minimum atomic E-state index is -1.51. The van der Waals surface area contributed by atoms with Gasteiger partial charge in [0, 0.05) is 37.0 Å². The Hall–Kier alpha value is -9.14. The Bertz CT molecular complexity index is 3470. The molecule has 90 heavy (non-hydrogen) atoms. The predicted octanol–water partition coefficient (Wildman–Crippen LogP) is 8.08. The Morgan fingerprint density at radius 3 is 1.64 bits per heavy atom. The van der Waals surface area contributed by atoms with Crippen LogP contribution in [-0.2, 0) is 67.8 Å². The van der Waals surface area contributed by atoms with Crippen molar-refractivity contribution >= 4 is 52.5 Å². The molecule has 7 N–H and O–H groups in total. The van der Waals surface area contributed by atoms with Gasteiger partial charge in [-0.25, -0.2) is 14.6 Å². The molecule has 2 heterocycles.